The Kier molecular flexibility index (Phi) is 5.96. The minimum Gasteiger partial charge on any atom is -0.415 e. The second-order valence-electron chi connectivity index (χ2n) is 6.98. The number of nitrogens with zero attached hydrogens (tertiary/aromatic N) is 2. The molecule has 0 aliphatic rings. The van der Waals surface area contributed by atoms with E-state index in [4.69, 9.17) is 4.42 Å². The quantitative estimate of drug-likeness (QED) is 0.609. The van der Waals surface area contributed by atoms with Gasteiger partial charge in [0.05, 0.1) is 11.8 Å². The molecule has 3 rings (SSSR count). The zero-order chi connectivity index (χ0) is 19.4. The van der Waals surface area contributed by atoms with Crippen LogP contribution >= 0.6 is 23.1 Å². The maximum Gasteiger partial charge on any atom is 0.277 e. The first-order chi connectivity index (χ1) is 12.8. The Morgan fingerprint density at radius 1 is 1.26 bits per heavy atom. The number of thiophene rings is 1. The van der Waals surface area contributed by atoms with Gasteiger partial charge in [-0.15, -0.1) is 21.5 Å². The van der Waals surface area contributed by atoms with E-state index in [0.717, 1.165) is 10.4 Å². The van der Waals surface area contributed by atoms with E-state index in [2.05, 4.69) is 15.5 Å². The fourth-order valence-corrected chi connectivity index (χ4v) is 3.71. The Morgan fingerprint density at radius 3 is 2.59 bits per heavy atom. The van der Waals surface area contributed by atoms with Crippen molar-refractivity contribution in [3.8, 4) is 0 Å². The number of aromatic nitrogens is 2. The highest BCUT2D eigenvalue weighted by atomic mass is 32.2. The van der Waals surface area contributed by atoms with Crippen LogP contribution in [0.25, 0.3) is 0 Å². The van der Waals surface area contributed by atoms with Crippen LogP contribution in [0.2, 0.25) is 0 Å². The SMILES string of the molecule is CC(C)(C)c1nnc(SCC(=O)N[C@H](c2ccc(F)cc2)c2cccs2)o1. The molecule has 142 valence electrons. The van der Waals surface area contributed by atoms with Crippen LogP contribution in [0.15, 0.2) is 51.4 Å². The molecule has 2 heterocycles. The number of rotatable bonds is 6. The van der Waals surface area contributed by atoms with Crippen molar-refractivity contribution in [2.75, 3.05) is 5.75 Å². The molecule has 0 unspecified atom stereocenters. The number of thioether (sulfide) groups is 1. The highest BCUT2D eigenvalue weighted by Crippen LogP contribution is 2.27. The summed E-state index contributed by atoms with van der Waals surface area (Å²) in [6.45, 7) is 5.95. The van der Waals surface area contributed by atoms with Gasteiger partial charge in [-0.3, -0.25) is 4.79 Å². The third kappa shape index (κ3) is 5.17. The van der Waals surface area contributed by atoms with Gasteiger partial charge in [-0.05, 0) is 29.1 Å². The first-order valence-corrected chi connectivity index (χ1v) is 10.2. The van der Waals surface area contributed by atoms with Crippen LogP contribution < -0.4 is 5.32 Å². The van der Waals surface area contributed by atoms with Gasteiger partial charge in [-0.25, -0.2) is 4.39 Å². The molecule has 1 amide bonds. The van der Waals surface area contributed by atoms with Crippen molar-refractivity contribution in [3.05, 3.63) is 63.9 Å². The summed E-state index contributed by atoms with van der Waals surface area (Å²) in [5.41, 5.74) is 0.589. The van der Waals surface area contributed by atoms with Crippen molar-refractivity contribution < 1.29 is 13.6 Å². The van der Waals surface area contributed by atoms with Gasteiger partial charge in [0.25, 0.3) is 5.22 Å². The fourth-order valence-electron chi connectivity index (χ4n) is 2.33. The molecule has 1 N–H and O–H groups in total. The molecular formula is C19H20FN3O2S2. The standard InChI is InChI=1S/C19H20FN3O2S2/c1-19(2,3)17-22-23-18(25-17)27-11-15(24)21-16(14-5-4-10-26-14)12-6-8-13(20)9-7-12/h4-10,16H,11H2,1-3H3,(H,21,24)/t16-/m1/s1. The zero-order valence-electron chi connectivity index (χ0n) is 15.2. The molecule has 0 fully saturated rings. The smallest absolute Gasteiger partial charge is 0.277 e. The Bertz CT molecular complexity index is 887. The van der Waals surface area contributed by atoms with E-state index in [1.165, 1.54) is 35.2 Å². The molecule has 3 aromatic rings. The largest absolute Gasteiger partial charge is 0.415 e. The Labute approximate surface area is 165 Å². The molecule has 27 heavy (non-hydrogen) atoms. The number of benzene rings is 1. The zero-order valence-corrected chi connectivity index (χ0v) is 16.9. The van der Waals surface area contributed by atoms with Crippen molar-refractivity contribution >= 4 is 29.0 Å². The summed E-state index contributed by atoms with van der Waals surface area (Å²) in [5, 5.41) is 13.3. The first-order valence-electron chi connectivity index (χ1n) is 8.38. The van der Waals surface area contributed by atoms with E-state index in [1.807, 2.05) is 38.3 Å². The van der Waals surface area contributed by atoms with E-state index in [-0.39, 0.29) is 28.9 Å². The number of carbonyl (C=O) groups is 1. The molecule has 1 atom stereocenters. The van der Waals surface area contributed by atoms with Crippen LogP contribution in [0.1, 0.15) is 43.1 Å². The van der Waals surface area contributed by atoms with Crippen molar-refractivity contribution in [1.82, 2.24) is 15.5 Å². The third-order valence-electron chi connectivity index (χ3n) is 3.71. The van der Waals surface area contributed by atoms with Crippen LogP contribution in [0.4, 0.5) is 4.39 Å². The summed E-state index contributed by atoms with van der Waals surface area (Å²) in [4.78, 5) is 13.5. The minimum absolute atomic E-state index is 0.148. The normalized spacial score (nSPS) is 12.7. The minimum atomic E-state index is -0.327. The van der Waals surface area contributed by atoms with Crippen molar-refractivity contribution in [3.63, 3.8) is 0 Å². The molecule has 5 nitrogen and oxygen atoms in total. The summed E-state index contributed by atoms with van der Waals surface area (Å²) >= 11 is 2.73. The Balaban J connectivity index is 1.66. The van der Waals surface area contributed by atoms with Crippen LogP contribution in [-0.4, -0.2) is 21.9 Å². The monoisotopic (exact) mass is 405 g/mol. The summed E-state index contributed by atoms with van der Waals surface area (Å²) < 4.78 is 18.8. The van der Waals surface area contributed by atoms with Gasteiger partial charge in [0.2, 0.25) is 11.8 Å². The maximum atomic E-state index is 13.2. The van der Waals surface area contributed by atoms with Crippen LogP contribution in [0.3, 0.4) is 0 Å². The highest BCUT2D eigenvalue weighted by Gasteiger charge is 2.23. The molecule has 0 spiro atoms. The maximum absolute atomic E-state index is 13.2. The van der Waals surface area contributed by atoms with Crippen molar-refractivity contribution in [1.29, 1.82) is 0 Å². The number of hydrogen-bond donors (Lipinski definition) is 1. The van der Waals surface area contributed by atoms with E-state index in [9.17, 15) is 9.18 Å². The van der Waals surface area contributed by atoms with Gasteiger partial charge in [0.15, 0.2) is 0 Å². The molecule has 2 aromatic heterocycles. The number of amides is 1. The molecule has 8 heteroatoms. The number of nitrogens with one attached hydrogen (secondary N) is 1. The Hall–Kier alpha value is -2.19. The van der Waals surface area contributed by atoms with Crippen LogP contribution in [0.5, 0.6) is 0 Å². The van der Waals surface area contributed by atoms with Gasteiger partial charge in [-0.1, -0.05) is 50.7 Å². The number of halogens is 1. The molecule has 0 bridgehead atoms. The van der Waals surface area contributed by atoms with E-state index < -0.39 is 0 Å². The summed E-state index contributed by atoms with van der Waals surface area (Å²) in [6, 6.07) is 9.68. The van der Waals surface area contributed by atoms with Gasteiger partial charge in [0, 0.05) is 10.3 Å². The number of hydrogen-bond acceptors (Lipinski definition) is 6. The highest BCUT2D eigenvalue weighted by molar-refractivity contribution is 7.99. The Morgan fingerprint density at radius 2 is 2.00 bits per heavy atom. The summed E-state index contributed by atoms with van der Waals surface area (Å²) in [6.07, 6.45) is 0. The van der Waals surface area contributed by atoms with Gasteiger partial charge in [0.1, 0.15) is 5.82 Å². The van der Waals surface area contributed by atoms with Crippen molar-refractivity contribution in [2.24, 2.45) is 0 Å². The lowest BCUT2D eigenvalue weighted by Crippen LogP contribution is -2.30. The molecule has 0 radical (unpaired) electrons. The lowest BCUT2D eigenvalue weighted by Gasteiger charge is -2.18. The molecule has 0 saturated heterocycles. The number of carbonyl (C=O) groups excluding carboxylic acids is 1. The molecule has 0 saturated carbocycles. The predicted molar refractivity (Wildman–Crippen MR) is 104 cm³/mol. The lowest BCUT2D eigenvalue weighted by molar-refractivity contribution is -0.119. The second-order valence-corrected chi connectivity index (χ2v) is 8.89. The van der Waals surface area contributed by atoms with Gasteiger partial charge in [-0.2, -0.15) is 0 Å². The second kappa shape index (κ2) is 8.22. The van der Waals surface area contributed by atoms with Gasteiger partial charge < -0.3 is 9.73 Å². The van der Waals surface area contributed by atoms with Gasteiger partial charge >= 0.3 is 0 Å². The topological polar surface area (TPSA) is 68.0 Å². The first kappa shape index (κ1) is 19.6. The third-order valence-corrected chi connectivity index (χ3v) is 5.47. The summed E-state index contributed by atoms with van der Waals surface area (Å²) in [7, 11) is 0. The predicted octanol–water partition coefficient (Wildman–Crippen LogP) is 4.57. The molecule has 1 aromatic carbocycles. The molecular weight excluding hydrogens is 385 g/mol. The average Bonchev–Trinajstić information content (AvgIpc) is 3.30. The van der Waals surface area contributed by atoms with E-state index in [0.29, 0.717) is 11.1 Å². The fraction of sp³-hybridized carbons (Fsp3) is 0.316. The van der Waals surface area contributed by atoms with E-state index >= 15 is 0 Å². The lowest BCUT2D eigenvalue weighted by atomic mass is 9.97. The van der Waals surface area contributed by atoms with E-state index in [1.54, 1.807) is 12.1 Å². The van der Waals surface area contributed by atoms with Crippen LogP contribution in [0, 0.1) is 5.82 Å². The average molecular weight is 406 g/mol. The molecule has 0 aliphatic heterocycles. The molecule has 0 aliphatic carbocycles. The van der Waals surface area contributed by atoms with Crippen LogP contribution in [-0.2, 0) is 10.2 Å². The summed E-state index contributed by atoms with van der Waals surface area (Å²) in [5.74, 6) is 0.206. The van der Waals surface area contributed by atoms with Crippen molar-refractivity contribution in [2.45, 2.75) is 37.5 Å².